The highest BCUT2D eigenvalue weighted by molar-refractivity contribution is 6.30. The Kier molecular flexibility index (Phi) is 4.08. The van der Waals surface area contributed by atoms with E-state index in [9.17, 15) is 5.11 Å². The zero-order valence-electron chi connectivity index (χ0n) is 14.5. The monoisotopic (exact) mass is 374 g/mol. The lowest BCUT2D eigenvalue weighted by molar-refractivity contribution is 0.270. The molecule has 1 aromatic carbocycles. The molecule has 4 N–H and O–H groups in total. The normalized spacial score (nSPS) is 16.3. The fourth-order valence-corrected chi connectivity index (χ4v) is 3.91. The third kappa shape index (κ3) is 2.53. The van der Waals surface area contributed by atoms with Crippen molar-refractivity contribution >= 4 is 34.4 Å². The van der Waals surface area contributed by atoms with Gasteiger partial charge in [0.15, 0.2) is 0 Å². The highest BCUT2D eigenvalue weighted by Crippen LogP contribution is 2.40. The molecule has 0 amide bonds. The minimum atomic E-state index is -0.154. The molecule has 0 radical (unpaired) electrons. The van der Waals surface area contributed by atoms with Crippen LogP contribution in [0.25, 0.3) is 11.0 Å². The van der Waals surface area contributed by atoms with Crippen molar-refractivity contribution in [1.82, 2.24) is 19.9 Å². The third-order valence-electron chi connectivity index (χ3n) is 4.89. The van der Waals surface area contributed by atoms with Crippen molar-refractivity contribution in [2.75, 3.05) is 30.9 Å². The topological polar surface area (TPSA) is 113 Å². The van der Waals surface area contributed by atoms with Gasteiger partial charge in [-0.25, -0.2) is 9.97 Å². The molecular formula is C17H19ClN6O2. The maximum atomic E-state index is 9.76. The van der Waals surface area contributed by atoms with E-state index >= 15 is 0 Å². The van der Waals surface area contributed by atoms with E-state index in [0.29, 0.717) is 24.1 Å². The molecule has 1 unspecified atom stereocenters. The highest BCUT2D eigenvalue weighted by Gasteiger charge is 2.34. The first kappa shape index (κ1) is 16.9. The van der Waals surface area contributed by atoms with Crippen molar-refractivity contribution in [2.24, 2.45) is 0 Å². The Hall–Kier alpha value is -2.58. The van der Waals surface area contributed by atoms with E-state index in [1.54, 1.807) is 13.4 Å². The number of aromatic nitrogens is 4. The average molecular weight is 375 g/mol. The molecule has 8 nitrogen and oxygen atoms in total. The molecule has 0 saturated heterocycles. The van der Waals surface area contributed by atoms with Crippen molar-refractivity contribution in [3.8, 4) is 5.75 Å². The van der Waals surface area contributed by atoms with Gasteiger partial charge in [0.2, 0.25) is 5.95 Å². The summed E-state index contributed by atoms with van der Waals surface area (Å²) in [5.41, 5.74) is 10.3. The van der Waals surface area contributed by atoms with Gasteiger partial charge in [-0.2, -0.15) is 4.98 Å². The van der Waals surface area contributed by atoms with Gasteiger partial charge in [0.1, 0.15) is 16.7 Å². The number of ether oxygens (including phenoxy) is 1. The minimum Gasteiger partial charge on any atom is -0.496 e. The third-order valence-corrected chi connectivity index (χ3v) is 5.17. The number of imidazole rings is 1. The summed E-state index contributed by atoms with van der Waals surface area (Å²) >= 11 is 6.27. The molecule has 1 aliphatic heterocycles. The number of aromatic amines is 1. The number of aliphatic hydroxyl groups is 1. The van der Waals surface area contributed by atoms with Gasteiger partial charge >= 0.3 is 0 Å². The molecule has 4 rings (SSSR count). The van der Waals surface area contributed by atoms with E-state index in [1.807, 2.05) is 13.0 Å². The zero-order chi connectivity index (χ0) is 18.4. The van der Waals surface area contributed by atoms with E-state index in [-0.39, 0.29) is 18.5 Å². The Morgan fingerprint density at radius 3 is 3.00 bits per heavy atom. The van der Waals surface area contributed by atoms with Crippen LogP contribution >= 0.6 is 11.6 Å². The SMILES string of the molecule is COc1cc2[nH]cnc2c(CN2CC(CO)c3c(Cl)nc(N)nc32)c1C. The number of anilines is 2. The van der Waals surface area contributed by atoms with Crippen LogP contribution in [0, 0.1) is 6.92 Å². The molecule has 2 aromatic heterocycles. The molecule has 9 heteroatoms. The Labute approximate surface area is 155 Å². The van der Waals surface area contributed by atoms with Gasteiger partial charge in [-0.15, -0.1) is 0 Å². The highest BCUT2D eigenvalue weighted by atomic mass is 35.5. The standard InChI is InChI=1S/C17H19ClN6O2/c1-8-10(14-11(20-7-21-14)3-12(8)26-2)5-24-4-9(6-25)13-15(18)22-17(19)23-16(13)24/h3,7,9,25H,4-6H2,1-2H3,(H,20,21)(H2,19,22,23). The average Bonchev–Trinajstić information content (AvgIpc) is 3.21. The van der Waals surface area contributed by atoms with Crippen molar-refractivity contribution in [3.63, 3.8) is 0 Å². The summed E-state index contributed by atoms with van der Waals surface area (Å²) < 4.78 is 5.50. The van der Waals surface area contributed by atoms with Gasteiger partial charge in [-0.1, -0.05) is 11.6 Å². The van der Waals surface area contributed by atoms with E-state index in [2.05, 4.69) is 24.8 Å². The number of hydrogen-bond acceptors (Lipinski definition) is 7. The van der Waals surface area contributed by atoms with Crippen molar-refractivity contribution in [1.29, 1.82) is 0 Å². The van der Waals surface area contributed by atoms with Gasteiger partial charge in [0.25, 0.3) is 0 Å². The molecule has 1 aliphatic rings. The van der Waals surface area contributed by atoms with Crippen LogP contribution in [0.4, 0.5) is 11.8 Å². The maximum Gasteiger partial charge on any atom is 0.223 e. The lowest BCUT2D eigenvalue weighted by Crippen LogP contribution is -2.24. The lowest BCUT2D eigenvalue weighted by atomic mass is 10.0. The Bertz CT molecular complexity index is 989. The number of fused-ring (bicyclic) bond motifs is 2. The second kappa shape index (κ2) is 6.30. The molecule has 3 aromatic rings. The smallest absolute Gasteiger partial charge is 0.223 e. The Morgan fingerprint density at radius 1 is 1.46 bits per heavy atom. The van der Waals surface area contributed by atoms with Crippen LogP contribution in [0.15, 0.2) is 12.4 Å². The van der Waals surface area contributed by atoms with Crippen LogP contribution in [-0.2, 0) is 6.54 Å². The first-order valence-corrected chi connectivity index (χ1v) is 8.59. The van der Waals surface area contributed by atoms with Gasteiger partial charge < -0.3 is 25.5 Å². The number of methoxy groups -OCH3 is 1. The van der Waals surface area contributed by atoms with Crippen LogP contribution in [-0.4, -0.2) is 45.3 Å². The molecule has 0 saturated carbocycles. The van der Waals surface area contributed by atoms with E-state index in [1.165, 1.54) is 0 Å². The number of nitrogen functional groups attached to an aromatic ring is 1. The predicted molar refractivity (Wildman–Crippen MR) is 99.7 cm³/mol. The summed E-state index contributed by atoms with van der Waals surface area (Å²) in [6, 6.07) is 1.94. The van der Waals surface area contributed by atoms with Crippen LogP contribution in [0.2, 0.25) is 5.15 Å². The fourth-order valence-electron chi connectivity index (χ4n) is 3.59. The minimum absolute atomic E-state index is 0.0363. The summed E-state index contributed by atoms with van der Waals surface area (Å²) in [5.74, 6) is 1.41. The van der Waals surface area contributed by atoms with Gasteiger partial charge in [0.05, 0.1) is 31.1 Å². The quantitative estimate of drug-likeness (QED) is 0.598. The molecular weight excluding hydrogens is 356 g/mol. The Morgan fingerprint density at radius 2 is 2.27 bits per heavy atom. The first-order chi connectivity index (χ1) is 12.5. The van der Waals surface area contributed by atoms with Crippen molar-refractivity contribution in [2.45, 2.75) is 19.4 Å². The van der Waals surface area contributed by atoms with E-state index in [4.69, 9.17) is 22.1 Å². The number of benzene rings is 1. The molecule has 0 fully saturated rings. The van der Waals surface area contributed by atoms with Crippen molar-refractivity contribution < 1.29 is 9.84 Å². The number of aliphatic hydroxyl groups excluding tert-OH is 1. The number of nitrogens with zero attached hydrogens (tertiary/aromatic N) is 4. The number of nitrogens with one attached hydrogen (secondary N) is 1. The summed E-state index contributed by atoms with van der Waals surface area (Å²) in [4.78, 5) is 18.0. The summed E-state index contributed by atoms with van der Waals surface area (Å²) in [6.07, 6.45) is 1.67. The second-order valence-corrected chi connectivity index (χ2v) is 6.71. The molecule has 3 heterocycles. The number of H-pyrrole nitrogens is 1. The number of rotatable bonds is 4. The second-order valence-electron chi connectivity index (χ2n) is 6.35. The number of hydrogen-bond donors (Lipinski definition) is 3. The molecule has 136 valence electrons. The predicted octanol–water partition coefficient (Wildman–Crippen LogP) is 2.00. The Balaban J connectivity index is 1.82. The summed E-state index contributed by atoms with van der Waals surface area (Å²) in [6.45, 7) is 3.09. The number of nitrogens with two attached hydrogens (primary N) is 1. The largest absolute Gasteiger partial charge is 0.496 e. The van der Waals surface area contributed by atoms with Crippen LogP contribution in [0.5, 0.6) is 5.75 Å². The zero-order valence-corrected chi connectivity index (χ0v) is 15.2. The van der Waals surface area contributed by atoms with Crippen LogP contribution in [0.3, 0.4) is 0 Å². The van der Waals surface area contributed by atoms with Gasteiger partial charge in [0, 0.05) is 36.2 Å². The maximum absolute atomic E-state index is 9.76. The lowest BCUT2D eigenvalue weighted by Gasteiger charge is -2.21. The van der Waals surface area contributed by atoms with E-state index in [0.717, 1.165) is 33.5 Å². The van der Waals surface area contributed by atoms with Gasteiger partial charge in [-0.3, -0.25) is 0 Å². The van der Waals surface area contributed by atoms with Crippen LogP contribution in [0.1, 0.15) is 22.6 Å². The molecule has 1 atom stereocenters. The molecule has 0 aliphatic carbocycles. The van der Waals surface area contributed by atoms with Crippen molar-refractivity contribution in [3.05, 3.63) is 34.2 Å². The molecule has 26 heavy (non-hydrogen) atoms. The fraction of sp³-hybridized carbons (Fsp3) is 0.353. The van der Waals surface area contributed by atoms with E-state index < -0.39 is 0 Å². The summed E-state index contributed by atoms with van der Waals surface area (Å²) in [7, 11) is 1.65. The number of halogens is 1. The van der Waals surface area contributed by atoms with Gasteiger partial charge in [-0.05, 0) is 12.5 Å². The molecule has 0 bridgehead atoms. The first-order valence-electron chi connectivity index (χ1n) is 8.21. The summed E-state index contributed by atoms with van der Waals surface area (Å²) in [5, 5.41) is 10.0. The van der Waals surface area contributed by atoms with Crippen LogP contribution < -0.4 is 15.4 Å². The molecule has 0 spiro atoms.